The Morgan fingerprint density at radius 2 is 1.90 bits per heavy atom. The molecule has 0 heterocycles. The van der Waals surface area contributed by atoms with Gasteiger partial charge in [-0.05, 0) is 36.8 Å². The van der Waals surface area contributed by atoms with Gasteiger partial charge >= 0.3 is 0 Å². The van der Waals surface area contributed by atoms with E-state index < -0.39 is 11.9 Å². The van der Waals surface area contributed by atoms with Crippen LogP contribution >= 0.6 is 11.6 Å². The van der Waals surface area contributed by atoms with E-state index in [0.717, 1.165) is 11.3 Å². The smallest absolute Gasteiger partial charge is 0.244 e. The van der Waals surface area contributed by atoms with Gasteiger partial charge < -0.3 is 16.2 Å². The van der Waals surface area contributed by atoms with Crippen molar-refractivity contribution in [2.24, 2.45) is 5.73 Å². The highest BCUT2D eigenvalue weighted by Crippen LogP contribution is 2.28. The van der Waals surface area contributed by atoms with Gasteiger partial charge in [0.25, 0.3) is 0 Å². The monoisotopic (exact) mass is 290 g/mol. The van der Waals surface area contributed by atoms with Crippen LogP contribution in [0.1, 0.15) is 17.2 Å². The molecular weight excluding hydrogens is 276 g/mol. The second-order valence-corrected chi connectivity index (χ2v) is 4.96. The summed E-state index contributed by atoms with van der Waals surface area (Å²) in [6.45, 7) is 1.98. The Labute approximate surface area is 122 Å². The molecule has 1 unspecified atom stereocenters. The van der Waals surface area contributed by atoms with E-state index in [2.05, 4.69) is 5.32 Å². The number of phenols is 1. The van der Waals surface area contributed by atoms with Crippen LogP contribution in [-0.2, 0) is 4.79 Å². The van der Waals surface area contributed by atoms with Crippen LogP contribution in [-0.4, -0.2) is 11.0 Å². The molecule has 0 saturated carbocycles. The first kappa shape index (κ1) is 14.2. The van der Waals surface area contributed by atoms with Crippen LogP contribution in [0, 0.1) is 6.92 Å². The number of nitrogens with two attached hydrogens (primary N) is 1. The molecule has 2 aromatic rings. The number of benzene rings is 2. The first-order valence-electron chi connectivity index (χ1n) is 6.08. The fourth-order valence-corrected chi connectivity index (χ4v) is 2.03. The predicted octanol–water partition coefficient (Wildman–Crippen LogP) is 2.99. The molecule has 0 fully saturated rings. The van der Waals surface area contributed by atoms with Crippen LogP contribution in [0.2, 0.25) is 5.02 Å². The van der Waals surface area contributed by atoms with Gasteiger partial charge in [-0.15, -0.1) is 0 Å². The van der Waals surface area contributed by atoms with Gasteiger partial charge in [0.1, 0.15) is 11.8 Å². The van der Waals surface area contributed by atoms with E-state index in [-0.39, 0.29) is 10.8 Å². The number of carbonyl (C=O) groups excluding carboxylic acids is 1. The van der Waals surface area contributed by atoms with Crippen LogP contribution in [0.4, 0.5) is 5.69 Å². The molecule has 5 heteroatoms. The molecule has 104 valence electrons. The lowest BCUT2D eigenvalue weighted by atomic mass is 10.1. The Balaban J connectivity index is 2.29. The molecule has 0 aliphatic rings. The summed E-state index contributed by atoms with van der Waals surface area (Å²) in [5.41, 5.74) is 7.93. The van der Waals surface area contributed by atoms with Crippen LogP contribution in [0.3, 0.4) is 0 Å². The number of phenolic OH excluding ortho intramolecular Hbond substituents is 1. The van der Waals surface area contributed by atoms with Crippen molar-refractivity contribution in [1.29, 1.82) is 0 Å². The molecule has 1 atom stereocenters. The molecule has 0 spiro atoms. The summed E-state index contributed by atoms with van der Waals surface area (Å²) in [6, 6.07) is 11.5. The molecule has 0 aromatic heterocycles. The Morgan fingerprint density at radius 3 is 2.45 bits per heavy atom. The zero-order valence-corrected chi connectivity index (χ0v) is 11.7. The molecule has 2 rings (SSSR count). The minimum absolute atomic E-state index is 0.0334. The fourth-order valence-electron chi connectivity index (χ4n) is 1.84. The van der Waals surface area contributed by atoms with E-state index in [0.29, 0.717) is 5.56 Å². The van der Waals surface area contributed by atoms with Crippen LogP contribution in [0.25, 0.3) is 0 Å². The highest BCUT2D eigenvalue weighted by molar-refractivity contribution is 6.32. The van der Waals surface area contributed by atoms with Crippen molar-refractivity contribution in [3.63, 3.8) is 0 Å². The molecule has 0 radical (unpaired) electrons. The van der Waals surface area contributed by atoms with Crippen molar-refractivity contribution < 1.29 is 9.90 Å². The van der Waals surface area contributed by atoms with E-state index in [1.54, 1.807) is 6.07 Å². The molecule has 4 N–H and O–H groups in total. The number of amides is 1. The third kappa shape index (κ3) is 3.22. The van der Waals surface area contributed by atoms with Gasteiger partial charge in [-0.2, -0.15) is 0 Å². The Hall–Kier alpha value is -2.20. The highest BCUT2D eigenvalue weighted by atomic mass is 35.5. The maximum atomic E-state index is 11.6. The molecule has 20 heavy (non-hydrogen) atoms. The zero-order chi connectivity index (χ0) is 14.7. The van der Waals surface area contributed by atoms with Gasteiger partial charge in [-0.3, -0.25) is 4.79 Å². The van der Waals surface area contributed by atoms with Gasteiger partial charge in [0.2, 0.25) is 5.91 Å². The minimum atomic E-state index is -0.712. The summed E-state index contributed by atoms with van der Waals surface area (Å²) in [7, 11) is 0. The zero-order valence-electron chi connectivity index (χ0n) is 10.9. The van der Waals surface area contributed by atoms with Crippen molar-refractivity contribution in [3.05, 3.63) is 58.6 Å². The average molecular weight is 291 g/mol. The Bertz CT molecular complexity index is 626. The largest absolute Gasteiger partial charge is 0.506 e. The molecule has 1 amide bonds. The van der Waals surface area contributed by atoms with Crippen LogP contribution in [0.5, 0.6) is 5.75 Å². The molecule has 2 aromatic carbocycles. The van der Waals surface area contributed by atoms with Gasteiger partial charge in [-0.1, -0.05) is 35.4 Å². The average Bonchev–Trinajstić information content (AvgIpc) is 2.41. The maximum Gasteiger partial charge on any atom is 0.244 e. The molecule has 0 saturated heterocycles. The lowest BCUT2D eigenvalue weighted by Gasteiger charge is -2.17. The van der Waals surface area contributed by atoms with Gasteiger partial charge in [0.05, 0.1) is 5.02 Å². The lowest BCUT2D eigenvalue weighted by molar-refractivity contribution is -0.118. The Morgan fingerprint density at radius 1 is 1.25 bits per heavy atom. The van der Waals surface area contributed by atoms with Crippen LogP contribution in [0.15, 0.2) is 42.5 Å². The van der Waals surface area contributed by atoms with Crippen molar-refractivity contribution in [2.75, 3.05) is 5.32 Å². The van der Waals surface area contributed by atoms with Gasteiger partial charge in [-0.25, -0.2) is 0 Å². The number of hydrogen-bond donors (Lipinski definition) is 3. The first-order chi connectivity index (χ1) is 9.47. The number of nitrogens with one attached hydrogen (secondary N) is 1. The standard InChI is InChI=1S/C15H15ClN2O2/c1-9-2-5-11(6-3-9)18-14(15(17)20)10-4-7-13(19)12(16)8-10/h2-8,14,18-19H,1H3,(H2,17,20). The third-order valence-corrected chi connectivity index (χ3v) is 3.25. The third-order valence-electron chi connectivity index (χ3n) is 2.95. The number of primary amides is 1. The van der Waals surface area contributed by atoms with E-state index in [4.69, 9.17) is 17.3 Å². The fraction of sp³-hybridized carbons (Fsp3) is 0.133. The number of hydrogen-bond acceptors (Lipinski definition) is 3. The lowest BCUT2D eigenvalue weighted by Crippen LogP contribution is -2.27. The summed E-state index contributed by atoms with van der Waals surface area (Å²) in [4.78, 5) is 11.6. The molecule has 0 bridgehead atoms. The SMILES string of the molecule is Cc1ccc(NC(C(N)=O)c2ccc(O)c(Cl)c2)cc1. The predicted molar refractivity (Wildman–Crippen MR) is 79.9 cm³/mol. The second kappa shape index (κ2) is 5.84. The Kier molecular flexibility index (Phi) is 4.15. The van der Waals surface area contributed by atoms with E-state index in [9.17, 15) is 9.90 Å². The normalized spacial score (nSPS) is 11.9. The van der Waals surface area contributed by atoms with E-state index >= 15 is 0 Å². The number of halogens is 1. The molecule has 0 aliphatic carbocycles. The van der Waals surface area contributed by atoms with Crippen molar-refractivity contribution in [2.45, 2.75) is 13.0 Å². The summed E-state index contributed by atoms with van der Waals surface area (Å²) >= 11 is 5.86. The number of carbonyl (C=O) groups is 1. The van der Waals surface area contributed by atoms with Crippen molar-refractivity contribution in [3.8, 4) is 5.75 Å². The number of aryl methyl sites for hydroxylation is 1. The van der Waals surface area contributed by atoms with Gasteiger partial charge in [0.15, 0.2) is 0 Å². The summed E-state index contributed by atoms with van der Waals surface area (Å²) in [5, 5.41) is 12.6. The summed E-state index contributed by atoms with van der Waals surface area (Å²) in [6.07, 6.45) is 0. The molecule has 0 aliphatic heterocycles. The second-order valence-electron chi connectivity index (χ2n) is 4.56. The number of anilines is 1. The molecular formula is C15H15ClN2O2. The maximum absolute atomic E-state index is 11.6. The number of rotatable bonds is 4. The minimum Gasteiger partial charge on any atom is -0.506 e. The quantitative estimate of drug-likeness (QED) is 0.810. The number of aromatic hydroxyl groups is 1. The van der Waals surface area contributed by atoms with E-state index in [1.807, 2.05) is 31.2 Å². The van der Waals surface area contributed by atoms with Crippen molar-refractivity contribution >= 4 is 23.2 Å². The highest BCUT2D eigenvalue weighted by Gasteiger charge is 2.18. The van der Waals surface area contributed by atoms with E-state index in [1.165, 1.54) is 12.1 Å². The topological polar surface area (TPSA) is 75.3 Å². The van der Waals surface area contributed by atoms with Crippen LogP contribution < -0.4 is 11.1 Å². The first-order valence-corrected chi connectivity index (χ1v) is 6.46. The van der Waals surface area contributed by atoms with Gasteiger partial charge in [0, 0.05) is 5.69 Å². The molecule has 4 nitrogen and oxygen atoms in total. The van der Waals surface area contributed by atoms with Crippen molar-refractivity contribution in [1.82, 2.24) is 0 Å². The summed E-state index contributed by atoms with van der Waals surface area (Å²) < 4.78 is 0. The summed E-state index contributed by atoms with van der Waals surface area (Å²) in [5.74, 6) is -0.554.